The van der Waals surface area contributed by atoms with E-state index in [1.807, 2.05) is 17.9 Å². The van der Waals surface area contributed by atoms with Crippen molar-refractivity contribution >= 4 is 23.3 Å². The Morgan fingerprint density at radius 2 is 2.24 bits per heavy atom. The first-order chi connectivity index (χ1) is 8.06. The minimum atomic E-state index is -1.04. The lowest BCUT2D eigenvalue weighted by Crippen LogP contribution is -2.45. The van der Waals surface area contributed by atoms with Gasteiger partial charge in [-0.2, -0.15) is 0 Å². The van der Waals surface area contributed by atoms with E-state index in [0.29, 0.717) is 12.1 Å². The Kier molecular flexibility index (Phi) is 2.75. The summed E-state index contributed by atoms with van der Waals surface area (Å²) < 4.78 is 0. The number of carbonyl (C=O) groups excluding carboxylic acids is 1. The number of carboxylic acids is 1. The van der Waals surface area contributed by atoms with Crippen molar-refractivity contribution in [2.75, 3.05) is 17.3 Å². The summed E-state index contributed by atoms with van der Waals surface area (Å²) in [4.78, 5) is 24.7. The van der Waals surface area contributed by atoms with Gasteiger partial charge in [0.25, 0.3) is 0 Å². The molecule has 0 aliphatic carbocycles. The molecule has 1 aromatic carbocycles. The van der Waals surface area contributed by atoms with Crippen LogP contribution in [-0.4, -0.2) is 30.1 Å². The van der Waals surface area contributed by atoms with E-state index >= 15 is 0 Å². The number of hydrogen-bond acceptors (Lipinski definition) is 3. The highest BCUT2D eigenvalue weighted by molar-refractivity contribution is 6.09. The number of para-hydroxylation sites is 1. The molecule has 2 rings (SSSR count). The number of likely N-dealkylation sites (N-methyl/N-ethyl adjacent to an activating group) is 1. The summed E-state index contributed by atoms with van der Waals surface area (Å²) in [6.45, 7) is 1.92. The van der Waals surface area contributed by atoms with Gasteiger partial charge in [0.2, 0.25) is 5.91 Å². The van der Waals surface area contributed by atoms with Gasteiger partial charge in [0, 0.05) is 7.05 Å². The molecule has 1 aliphatic heterocycles. The molecule has 5 heteroatoms. The SMILES string of the molecule is CCC1C(=O)Nc2c(C(=O)O)cccc2N1C. The largest absolute Gasteiger partial charge is 0.478 e. The van der Waals surface area contributed by atoms with E-state index in [4.69, 9.17) is 5.11 Å². The molecule has 0 radical (unpaired) electrons. The Balaban J connectivity index is 2.55. The molecular formula is C12H14N2O3. The monoisotopic (exact) mass is 234 g/mol. The average Bonchev–Trinajstić information content (AvgIpc) is 2.28. The fourth-order valence-electron chi connectivity index (χ4n) is 2.15. The number of carboxylic acid groups (broad SMARTS) is 1. The molecule has 90 valence electrons. The Morgan fingerprint density at radius 3 is 2.82 bits per heavy atom. The Morgan fingerprint density at radius 1 is 1.53 bits per heavy atom. The lowest BCUT2D eigenvalue weighted by molar-refractivity contribution is -0.117. The minimum absolute atomic E-state index is 0.122. The van der Waals surface area contributed by atoms with E-state index < -0.39 is 5.97 Å². The van der Waals surface area contributed by atoms with E-state index in [1.165, 1.54) is 6.07 Å². The number of nitrogens with one attached hydrogen (secondary N) is 1. The zero-order valence-corrected chi connectivity index (χ0v) is 9.73. The van der Waals surface area contributed by atoms with E-state index in [2.05, 4.69) is 5.32 Å². The zero-order chi connectivity index (χ0) is 12.6. The fourth-order valence-corrected chi connectivity index (χ4v) is 2.15. The maximum atomic E-state index is 11.8. The highest BCUT2D eigenvalue weighted by Gasteiger charge is 2.31. The first-order valence-corrected chi connectivity index (χ1v) is 5.46. The molecule has 0 saturated carbocycles. The second-order valence-electron chi connectivity index (χ2n) is 4.03. The van der Waals surface area contributed by atoms with Gasteiger partial charge in [-0.15, -0.1) is 0 Å². The molecule has 17 heavy (non-hydrogen) atoms. The van der Waals surface area contributed by atoms with Gasteiger partial charge in [-0.3, -0.25) is 4.79 Å². The fraction of sp³-hybridized carbons (Fsp3) is 0.333. The first kappa shape index (κ1) is 11.4. The third-order valence-corrected chi connectivity index (χ3v) is 3.06. The Bertz CT molecular complexity index is 485. The lowest BCUT2D eigenvalue weighted by atomic mass is 10.0. The second kappa shape index (κ2) is 4.08. The van der Waals surface area contributed by atoms with Crippen molar-refractivity contribution < 1.29 is 14.7 Å². The third-order valence-electron chi connectivity index (χ3n) is 3.06. The summed E-state index contributed by atoms with van der Waals surface area (Å²) in [5.74, 6) is -1.19. The highest BCUT2D eigenvalue weighted by atomic mass is 16.4. The zero-order valence-electron chi connectivity index (χ0n) is 9.73. The van der Waals surface area contributed by atoms with Crippen LogP contribution >= 0.6 is 0 Å². The van der Waals surface area contributed by atoms with Crippen molar-refractivity contribution in [3.8, 4) is 0 Å². The quantitative estimate of drug-likeness (QED) is 0.814. The normalized spacial score (nSPS) is 18.6. The minimum Gasteiger partial charge on any atom is -0.478 e. The smallest absolute Gasteiger partial charge is 0.337 e. The lowest BCUT2D eigenvalue weighted by Gasteiger charge is -2.35. The van der Waals surface area contributed by atoms with Crippen LogP contribution in [0.1, 0.15) is 23.7 Å². The number of benzene rings is 1. The van der Waals surface area contributed by atoms with E-state index in [-0.39, 0.29) is 17.5 Å². The van der Waals surface area contributed by atoms with Crippen LogP contribution in [0.25, 0.3) is 0 Å². The number of nitrogens with zero attached hydrogens (tertiary/aromatic N) is 1. The van der Waals surface area contributed by atoms with Crippen LogP contribution in [-0.2, 0) is 4.79 Å². The van der Waals surface area contributed by atoms with Gasteiger partial charge in [-0.05, 0) is 18.6 Å². The molecule has 1 atom stereocenters. The summed E-state index contributed by atoms with van der Waals surface area (Å²) in [6.07, 6.45) is 0.680. The molecule has 1 aliphatic rings. The molecule has 0 saturated heterocycles. The van der Waals surface area contributed by atoms with Crippen LogP contribution in [0.2, 0.25) is 0 Å². The summed E-state index contributed by atoms with van der Waals surface area (Å²) in [5.41, 5.74) is 1.26. The van der Waals surface area contributed by atoms with Crippen molar-refractivity contribution in [2.45, 2.75) is 19.4 Å². The van der Waals surface area contributed by atoms with Crippen molar-refractivity contribution in [2.24, 2.45) is 0 Å². The summed E-state index contributed by atoms with van der Waals surface area (Å²) in [7, 11) is 1.80. The Hall–Kier alpha value is -2.04. The highest BCUT2D eigenvalue weighted by Crippen LogP contribution is 2.34. The molecule has 0 bridgehead atoms. The van der Waals surface area contributed by atoms with Crippen molar-refractivity contribution in [1.82, 2.24) is 0 Å². The maximum absolute atomic E-state index is 11.8. The predicted octanol–water partition coefficient (Wildman–Crippen LogP) is 1.55. The Labute approximate surface area is 99.0 Å². The van der Waals surface area contributed by atoms with E-state index in [1.54, 1.807) is 13.1 Å². The standard InChI is InChI=1S/C12H14N2O3/c1-3-8-11(15)13-10-7(12(16)17)5-4-6-9(10)14(8)2/h4-6,8H,3H2,1-2H3,(H,13,15)(H,16,17). The van der Waals surface area contributed by atoms with Crippen LogP contribution < -0.4 is 10.2 Å². The number of aromatic carboxylic acids is 1. The van der Waals surface area contributed by atoms with Crippen LogP contribution in [0.5, 0.6) is 0 Å². The molecule has 0 spiro atoms. The van der Waals surface area contributed by atoms with Gasteiger partial charge in [-0.1, -0.05) is 13.0 Å². The predicted molar refractivity (Wildman–Crippen MR) is 64.5 cm³/mol. The van der Waals surface area contributed by atoms with Gasteiger partial charge in [-0.25, -0.2) is 4.79 Å². The third kappa shape index (κ3) is 1.73. The van der Waals surface area contributed by atoms with Gasteiger partial charge in [0.15, 0.2) is 0 Å². The van der Waals surface area contributed by atoms with E-state index in [9.17, 15) is 9.59 Å². The van der Waals surface area contributed by atoms with Crippen LogP contribution in [0.15, 0.2) is 18.2 Å². The maximum Gasteiger partial charge on any atom is 0.337 e. The number of carbonyl (C=O) groups is 2. The van der Waals surface area contributed by atoms with Gasteiger partial charge in [0.05, 0.1) is 16.9 Å². The topological polar surface area (TPSA) is 69.6 Å². The van der Waals surface area contributed by atoms with Gasteiger partial charge >= 0.3 is 5.97 Å². The second-order valence-corrected chi connectivity index (χ2v) is 4.03. The molecule has 0 fully saturated rings. The van der Waals surface area contributed by atoms with Crippen molar-refractivity contribution in [3.05, 3.63) is 23.8 Å². The van der Waals surface area contributed by atoms with Gasteiger partial charge in [0.1, 0.15) is 6.04 Å². The molecule has 1 amide bonds. The average molecular weight is 234 g/mol. The summed E-state index contributed by atoms with van der Waals surface area (Å²) >= 11 is 0. The number of amides is 1. The van der Waals surface area contributed by atoms with Crippen LogP contribution in [0.4, 0.5) is 11.4 Å². The molecule has 5 nitrogen and oxygen atoms in total. The molecular weight excluding hydrogens is 220 g/mol. The number of fused-ring (bicyclic) bond motifs is 1. The summed E-state index contributed by atoms with van der Waals surface area (Å²) in [6, 6.07) is 4.74. The van der Waals surface area contributed by atoms with Crippen molar-refractivity contribution in [3.63, 3.8) is 0 Å². The van der Waals surface area contributed by atoms with Crippen LogP contribution in [0.3, 0.4) is 0 Å². The number of hydrogen-bond donors (Lipinski definition) is 2. The number of rotatable bonds is 2. The van der Waals surface area contributed by atoms with E-state index in [0.717, 1.165) is 5.69 Å². The molecule has 1 heterocycles. The van der Waals surface area contributed by atoms with Gasteiger partial charge < -0.3 is 15.3 Å². The molecule has 0 aromatic heterocycles. The summed E-state index contributed by atoms with van der Waals surface area (Å²) in [5, 5.41) is 11.7. The molecule has 2 N–H and O–H groups in total. The van der Waals surface area contributed by atoms with Crippen LogP contribution in [0, 0.1) is 0 Å². The number of anilines is 2. The molecule has 1 aromatic rings. The van der Waals surface area contributed by atoms with Crippen molar-refractivity contribution in [1.29, 1.82) is 0 Å². The first-order valence-electron chi connectivity index (χ1n) is 5.46. The molecule has 1 unspecified atom stereocenters.